The highest BCUT2D eigenvalue weighted by atomic mass is 15.8. The van der Waals surface area contributed by atoms with E-state index < -0.39 is 0 Å². The van der Waals surface area contributed by atoms with Crippen molar-refractivity contribution in [3.05, 3.63) is 23.8 Å². The number of benzene rings is 1. The summed E-state index contributed by atoms with van der Waals surface area (Å²) in [5.74, 6) is 0. The highest BCUT2D eigenvalue weighted by Gasteiger charge is 2.26. The molecule has 4 nitrogen and oxygen atoms in total. The Morgan fingerprint density at radius 2 is 2.00 bits per heavy atom. The highest BCUT2D eigenvalue weighted by molar-refractivity contribution is 5.73. The van der Waals surface area contributed by atoms with E-state index in [4.69, 9.17) is 0 Å². The summed E-state index contributed by atoms with van der Waals surface area (Å²) < 4.78 is 0. The molecule has 0 saturated carbocycles. The monoisotopic (exact) mass is 232 g/mol. The second-order valence-electron chi connectivity index (χ2n) is 5.02. The van der Waals surface area contributed by atoms with E-state index in [2.05, 4.69) is 52.6 Å². The van der Waals surface area contributed by atoms with Crippen molar-refractivity contribution in [2.24, 2.45) is 0 Å². The number of hydrogen-bond acceptors (Lipinski definition) is 4. The molecule has 2 aliphatic rings. The van der Waals surface area contributed by atoms with Gasteiger partial charge in [0.25, 0.3) is 0 Å². The second-order valence-corrected chi connectivity index (χ2v) is 5.02. The van der Waals surface area contributed by atoms with Gasteiger partial charge in [0.15, 0.2) is 0 Å². The fourth-order valence-electron chi connectivity index (χ4n) is 2.63. The zero-order valence-corrected chi connectivity index (χ0v) is 10.6. The van der Waals surface area contributed by atoms with Crippen molar-refractivity contribution in [2.75, 3.05) is 37.2 Å². The molecule has 2 aliphatic heterocycles. The molecule has 2 heterocycles. The normalized spacial score (nSPS) is 20.7. The van der Waals surface area contributed by atoms with E-state index in [1.165, 1.54) is 42.9 Å². The molecular formula is C13H20N4. The lowest BCUT2D eigenvalue weighted by molar-refractivity contribution is 0.263. The Labute approximate surface area is 103 Å². The number of hydrazine groups is 2. The molecule has 1 aromatic rings. The van der Waals surface area contributed by atoms with E-state index in [1.807, 2.05) is 0 Å². The Morgan fingerprint density at radius 1 is 1.24 bits per heavy atom. The molecule has 0 radical (unpaired) electrons. The zero-order chi connectivity index (χ0) is 11.8. The molecular weight excluding hydrogens is 212 g/mol. The molecule has 0 atom stereocenters. The molecule has 17 heavy (non-hydrogen) atoms. The van der Waals surface area contributed by atoms with Crippen LogP contribution in [0.2, 0.25) is 0 Å². The molecule has 0 aliphatic carbocycles. The number of anilines is 2. The van der Waals surface area contributed by atoms with Crippen molar-refractivity contribution in [3.8, 4) is 0 Å². The first-order valence-corrected chi connectivity index (χ1v) is 6.35. The van der Waals surface area contributed by atoms with Crippen LogP contribution in [0.4, 0.5) is 11.4 Å². The van der Waals surface area contributed by atoms with Crippen LogP contribution < -0.4 is 10.4 Å². The zero-order valence-electron chi connectivity index (χ0n) is 10.6. The van der Waals surface area contributed by atoms with Crippen LogP contribution in [0.25, 0.3) is 0 Å². The van der Waals surface area contributed by atoms with Crippen molar-refractivity contribution in [1.29, 1.82) is 0 Å². The summed E-state index contributed by atoms with van der Waals surface area (Å²) in [7, 11) is 2.07. The molecule has 1 fully saturated rings. The summed E-state index contributed by atoms with van der Waals surface area (Å²) >= 11 is 0. The van der Waals surface area contributed by atoms with Gasteiger partial charge in [-0.15, -0.1) is 5.12 Å². The maximum Gasteiger partial charge on any atom is 0.0884 e. The van der Waals surface area contributed by atoms with Crippen molar-refractivity contribution >= 4 is 11.4 Å². The van der Waals surface area contributed by atoms with Gasteiger partial charge in [-0.3, -0.25) is 15.3 Å². The Morgan fingerprint density at radius 3 is 2.76 bits per heavy atom. The predicted molar refractivity (Wildman–Crippen MR) is 70.7 cm³/mol. The van der Waals surface area contributed by atoms with E-state index in [9.17, 15) is 0 Å². The van der Waals surface area contributed by atoms with Crippen LogP contribution in [0.3, 0.4) is 0 Å². The first-order chi connectivity index (χ1) is 8.24. The Balaban J connectivity index is 1.82. The number of fused-ring (bicyclic) bond motifs is 1. The van der Waals surface area contributed by atoms with Gasteiger partial charge in [0, 0.05) is 7.05 Å². The van der Waals surface area contributed by atoms with E-state index >= 15 is 0 Å². The van der Waals surface area contributed by atoms with Crippen molar-refractivity contribution in [2.45, 2.75) is 19.8 Å². The molecule has 0 spiro atoms. The van der Waals surface area contributed by atoms with Gasteiger partial charge >= 0.3 is 0 Å². The lowest BCUT2D eigenvalue weighted by atomic mass is 10.2. The molecule has 0 unspecified atom stereocenters. The average Bonchev–Trinajstić information content (AvgIpc) is 2.90. The SMILES string of the molecule is Cc1ccc2c(c1)N(CN1CCCC1)N(C)N2. The van der Waals surface area contributed by atoms with Crippen molar-refractivity contribution in [3.63, 3.8) is 0 Å². The van der Waals surface area contributed by atoms with Crippen LogP contribution in [0.15, 0.2) is 18.2 Å². The van der Waals surface area contributed by atoms with Gasteiger partial charge in [0.1, 0.15) is 0 Å². The standard InChI is InChI=1S/C13H20N4/c1-11-5-6-12-13(9-11)17(15(2)14-12)10-16-7-3-4-8-16/h5-6,9,14H,3-4,7-8,10H2,1-2H3. The number of aryl methyl sites for hydroxylation is 1. The number of rotatable bonds is 2. The first-order valence-electron chi connectivity index (χ1n) is 6.35. The fourth-order valence-corrected chi connectivity index (χ4v) is 2.63. The van der Waals surface area contributed by atoms with E-state index in [1.54, 1.807) is 0 Å². The van der Waals surface area contributed by atoms with Gasteiger partial charge in [-0.2, -0.15) is 0 Å². The Bertz CT molecular complexity index is 412. The molecule has 0 amide bonds. The minimum atomic E-state index is 0.986. The Kier molecular flexibility index (Phi) is 2.68. The summed E-state index contributed by atoms with van der Waals surface area (Å²) in [5.41, 5.74) is 7.19. The summed E-state index contributed by atoms with van der Waals surface area (Å²) in [6.45, 7) is 5.59. The van der Waals surface area contributed by atoms with Crippen molar-refractivity contribution < 1.29 is 0 Å². The molecule has 1 saturated heterocycles. The van der Waals surface area contributed by atoms with Crippen LogP contribution in [0.1, 0.15) is 18.4 Å². The smallest absolute Gasteiger partial charge is 0.0884 e. The third-order valence-electron chi connectivity index (χ3n) is 3.61. The number of nitrogens with zero attached hydrogens (tertiary/aromatic N) is 3. The van der Waals surface area contributed by atoms with E-state index in [0.717, 1.165) is 6.67 Å². The van der Waals surface area contributed by atoms with Crippen molar-refractivity contribution in [1.82, 2.24) is 10.0 Å². The maximum atomic E-state index is 3.38. The molecule has 92 valence electrons. The highest BCUT2D eigenvalue weighted by Crippen LogP contribution is 2.34. The second kappa shape index (κ2) is 4.20. The molecule has 0 bridgehead atoms. The number of likely N-dealkylation sites (tertiary alicyclic amines) is 1. The van der Waals surface area contributed by atoms with Crippen LogP contribution >= 0.6 is 0 Å². The van der Waals surface area contributed by atoms with E-state index in [0.29, 0.717) is 0 Å². The van der Waals surface area contributed by atoms with Gasteiger partial charge in [0.05, 0.1) is 18.0 Å². The lowest BCUT2D eigenvalue weighted by Crippen LogP contribution is -2.44. The molecule has 1 aromatic carbocycles. The van der Waals surface area contributed by atoms with Gasteiger partial charge in [0.2, 0.25) is 0 Å². The summed E-state index contributed by atoms with van der Waals surface area (Å²) in [6.07, 6.45) is 2.68. The average molecular weight is 232 g/mol. The van der Waals surface area contributed by atoms with Crippen LogP contribution in [0.5, 0.6) is 0 Å². The third-order valence-corrected chi connectivity index (χ3v) is 3.61. The van der Waals surface area contributed by atoms with Gasteiger partial charge in [-0.25, -0.2) is 0 Å². The first kappa shape index (κ1) is 10.9. The van der Waals surface area contributed by atoms with Gasteiger partial charge in [-0.1, -0.05) is 6.07 Å². The molecule has 1 N–H and O–H groups in total. The molecule has 3 rings (SSSR count). The molecule has 0 aromatic heterocycles. The van der Waals surface area contributed by atoms with Crippen LogP contribution in [-0.4, -0.2) is 36.8 Å². The minimum Gasteiger partial charge on any atom is -0.299 e. The lowest BCUT2D eigenvalue weighted by Gasteiger charge is -2.30. The third kappa shape index (κ3) is 1.98. The quantitative estimate of drug-likeness (QED) is 0.842. The Hall–Kier alpha value is -1.26. The largest absolute Gasteiger partial charge is 0.299 e. The summed E-state index contributed by atoms with van der Waals surface area (Å²) in [6, 6.07) is 6.56. The van der Waals surface area contributed by atoms with Gasteiger partial charge < -0.3 is 0 Å². The maximum absolute atomic E-state index is 3.38. The minimum absolute atomic E-state index is 0.986. The summed E-state index contributed by atoms with van der Waals surface area (Å²) in [5, 5.41) is 4.40. The van der Waals surface area contributed by atoms with Crippen LogP contribution in [-0.2, 0) is 0 Å². The topological polar surface area (TPSA) is 21.8 Å². The molecule has 4 heteroatoms. The van der Waals surface area contributed by atoms with E-state index in [-0.39, 0.29) is 0 Å². The summed E-state index contributed by atoms with van der Waals surface area (Å²) in [4.78, 5) is 2.51. The predicted octanol–water partition coefficient (Wildman–Crippen LogP) is 2.04. The number of hydrogen-bond donors (Lipinski definition) is 1. The van der Waals surface area contributed by atoms with Crippen LogP contribution in [0, 0.1) is 6.92 Å². The fraction of sp³-hybridized carbons (Fsp3) is 0.538. The number of nitrogens with one attached hydrogen (secondary N) is 1. The van der Waals surface area contributed by atoms with Gasteiger partial charge in [-0.05, 0) is 50.6 Å².